The molecule has 212 valence electrons. The Morgan fingerprint density at radius 2 is 1.67 bits per heavy atom. The van der Waals surface area contributed by atoms with Crippen molar-refractivity contribution in [2.24, 2.45) is 10.9 Å². The first-order chi connectivity index (χ1) is 18.8. The summed E-state index contributed by atoms with van der Waals surface area (Å²) in [5, 5.41) is 2.96. The van der Waals surface area contributed by atoms with Crippen LogP contribution >= 0.6 is 0 Å². The van der Waals surface area contributed by atoms with Crippen LogP contribution in [-0.2, 0) is 14.3 Å². The summed E-state index contributed by atoms with van der Waals surface area (Å²) in [7, 11) is 1.43. The normalized spacial score (nSPS) is 12.8. The number of aryl methyl sites for hydroxylation is 1. The zero-order chi connectivity index (χ0) is 28.6. The highest BCUT2D eigenvalue weighted by molar-refractivity contribution is 6.07. The molecule has 0 heterocycles. The maximum absolute atomic E-state index is 14.1. The molecular weight excluding hydrogens is 491 g/mol. The number of allylic oxidation sites excluding steroid dienone is 1. The number of amides is 1. The molecule has 0 spiro atoms. The molecule has 0 aliphatic heterocycles. The van der Waals surface area contributed by atoms with Crippen molar-refractivity contribution in [3.63, 3.8) is 0 Å². The molecule has 1 unspecified atom stereocenters. The van der Waals surface area contributed by atoms with E-state index >= 15 is 0 Å². The molecule has 0 aromatic heterocycles. The van der Waals surface area contributed by atoms with E-state index in [2.05, 4.69) is 17.0 Å². The van der Waals surface area contributed by atoms with E-state index in [1.165, 1.54) is 19.2 Å². The lowest BCUT2D eigenvalue weighted by atomic mass is 9.92. The van der Waals surface area contributed by atoms with Crippen LogP contribution in [0.5, 0.6) is 0 Å². The zero-order valence-corrected chi connectivity index (χ0v) is 24.3. The molecular formula is C33H45FN2O3. The Balaban J connectivity index is 1.99. The molecule has 0 saturated carbocycles. The lowest BCUT2D eigenvalue weighted by Gasteiger charge is -2.17. The monoisotopic (exact) mass is 536 g/mol. The van der Waals surface area contributed by atoms with Gasteiger partial charge in [-0.2, -0.15) is 0 Å². The largest absolute Gasteiger partial charge is 0.469 e. The van der Waals surface area contributed by atoms with E-state index in [-0.39, 0.29) is 17.7 Å². The van der Waals surface area contributed by atoms with Crippen molar-refractivity contribution in [1.82, 2.24) is 0 Å². The molecule has 0 radical (unpaired) electrons. The molecule has 2 aromatic carbocycles. The summed E-state index contributed by atoms with van der Waals surface area (Å²) in [5.74, 6) is -0.469. The van der Waals surface area contributed by atoms with Gasteiger partial charge >= 0.3 is 5.97 Å². The highest BCUT2D eigenvalue weighted by atomic mass is 19.1. The van der Waals surface area contributed by atoms with Crippen LogP contribution in [0.4, 0.5) is 10.1 Å². The number of ether oxygens (including phenoxy) is 1. The summed E-state index contributed by atoms with van der Waals surface area (Å²) >= 11 is 0. The molecule has 0 aliphatic carbocycles. The number of hydrogen-bond donors (Lipinski definition) is 1. The molecule has 0 bridgehead atoms. The number of nitrogens with one attached hydrogen (secondary N) is 1. The van der Waals surface area contributed by atoms with Crippen molar-refractivity contribution in [2.75, 3.05) is 12.4 Å². The summed E-state index contributed by atoms with van der Waals surface area (Å²) in [6.07, 6.45) is 11.8. The van der Waals surface area contributed by atoms with E-state index < -0.39 is 0 Å². The Hall–Kier alpha value is -3.28. The minimum atomic E-state index is -0.354. The SMILES string of the molecule is C/C=C(\N=C(/C)C(CCC)CCCCCCCCC(=O)OC)C(=O)Nc1ccc(F)cc1-c1ccc(C)cc1. The number of benzene rings is 2. The molecule has 39 heavy (non-hydrogen) atoms. The van der Waals surface area contributed by atoms with Crippen LogP contribution in [-0.4, -0.2) is 24.7 Å². The number of rotatable bonds is 16. The molecule has 5 nitrogen and oxygen atoms in total. The number of unbranched alkanes of at least 4 members (excludes halogenated alkanes) is 5. The van der Waals surface area contributed by atoms with E-state index in [9.17, 15) is 14.0 Å². The maximum atomic E-state index is 14.1. The van der Waals surface area contributed by atoms with Crippen LogP contribution in [0.2, 0.25) is 0 Å². The first kappa shape index (κ1) is 31.9. The van der Waals surface area contributed by atoms with Gasteiger partial charge in [0.05, 0.1) is 7.11 Å². The molecule has 2 aromatic rings. The topological polar surface area (TPSA) is 67.8 Å². The van der Waals surface area contributed by atoms with Crippen molar-refractivity contribution in [3.05, 3.63) is 65.6 Å². The first-order valence-electron chi connectivity index (χ1n) is 14.2. The van der Waals surface area contributed by atoms with Gasteiger partial charge in [-0.25, -0.2) is 4.39 Å². The number of methoxy groups -OCH3 is 1. The van der Waals surface area contributed by atoms with Gasteiger partial charge in [-0.1, -0.05) is 81.4 Å². The second kappa shape index (κ2) is 17.3. The van der Waals surface area contributed by atoms with Crippen LogP contribution in [0.3, 0.4) is 0 Å². The third kappa shape index (κ3) is 11.2. The average molecular weight is 537 g/mol. The molecule has 1 amide bonds. The summed E-state index contributed by atoms with van der Waals surface area (Å²) in [4.78, 5) is 29.2. The third-order valence-electron chi connectivity index (χ3n) is 7.03. The van der Waals surface area contributed by atoms with Crippen molar-refractivity contribution in [3.8, 4) is 11.1 Å². The fraction of sp³-hybridized carbons (Fsp3) is 0.485. The van der Waals surface area contributed by atoms with E-state index in [0.29, 0.717) is 29.3 Å². The van der Waals surface area contributed by atoms with Gasteiger partial charge < -0.3 is 10.1 Å². The summed E-state index contributed by atoms with van der Waals surface area (Å²) < 4.78 is 18.8. The van der Waals surface area contributed by atoms with Gasteiger partial charge in [0, 0.05) is 23.4 Å². The van der Waals surface area contributed by atoms with E-state index in [1.54, 1.807) is 12.1 Å². The molecule has 1 atom stereocenters. The van der Waals surface area contributed by atoms with Crippen LogP contribution in [0, 0.1) is 18.7 Å². The number of esters is 1. The quantitative estimate of drug-likeness (QED) is 0.101. The van der Waals surface area contributed by atoms with Gasteiger partial charge in [0.1, 0.15) is 11.5 Å². The Kier molecular flexibility index (Phi) is 14.2. The molecule has 6 heteroatoms. The lowest BCUT2D eigenvalue weighted by Crippen LogP contribution is -2.17. The number of hydrogen-bond acceptors (Lipinski definition) is 4. The molecule has 2 rings (SSSR count). The highest BCUT2D eigenvalue weighted by Gasteiger charge is 2.16. The Morgan fingerprint density at radius 1 is 1.00 bits per heavy atom. The number of carbonyl (C=O) groups is 2. The van der Waals surface area contributed by atoms with Crippen molar-refractivity contribution in [1.29, 1.82) is 0 Å². The van der Waals surface area contributed by atoms with E-state index in [1.807, 2.05) is 45.0 Å². The van der Waals surface area contributed by atoms with Crippen molar-refractivity contribution >= 4 is 23.3 Å². The summed E-state index contributed by atoms with van der Waals surface area (Å²) in [6, 6.07) is 12.2. The molecule has 0 aliphatic rings. The van der Waals surface area contributed by atoms with Crippen LogP contribution in [0.25, 0.3) is 11.1 Å². The fourth-order valence-corrected chi connectivity index (χ4v) is 4.69. The first-order valence-corrected chi connectivity index (χ1v) is 14.2. The second-order valence-electron chi connectivity index (χ2n) is 10.2. The highest BCUT2D eigenvalue weighted by Crippen LogP contribution is 2.30. The van der Waals surface area contributed by atoms with Gasteiger partial charge in [0.25, 0.3) is 5.91 Å². The van der Waals surface area contributed by atoms with Crippen LogP contribution < -0.4 is 5.32 Å². The Bertz CT molecular complexity index is 1120. The number of nitrogens with zero attached hydrogens (tertiary/aromatic N) is 1. The van der Waals surface area contributed by atoms with E-state index in [0.717, 1.165) is 74.6 Å². The van der Waals surface area contributed by atoms with Gasteiger partial charge in [-0.05, 0) is 69.7 Å². The number of carbonyl (C=O) groups excluding carboxylic acids is 2. The lowest BCUT2D eigenvalue weighted by molar-refractivity contribution is -0.140. The second-order valence-corrected chi connectivity index (χ2v) is 10.2. The van der Waals surface area contributed by atoms with Crippen LogP contribution in [0.15, 0.2) is 59.2 Å². The summed E-state index contributed by atoms with van der Waals surface area (Å²) in [5.41, 5.74) is 4.46. The minimum absolute atomic E-state index is 0.134. The minimum Gasteiger partial charge on any atom is -0.469 e. The fourth-order valence-electron chi connectivity index (χ4n) is 4.69. The maximum Gasteiger partial charge on any atom is 0.305 e. The van der Waals surface area contributed by atoms with Crippen LogP contribution in [0.1, 0.15) is 90.5 Å². The van der Waals surface area contributed by atoms with Gasteiger partial charge in [0.2, 0.25) is 0 Å². The molecule has 0 saturated heterocycles. The van der Waals surface area contributed by atoms with Gasteiger partial charge in [-0.3, -0.25) is 14.6 Å². The van der Waals surface area contributed by atoms with Crippen molar-refractivity contribution in [2.45, 2.75) is 91.9 Å². The number of aliphatic imine (C=N–C) groups is 1. The van der Waals surface area contributed by atoms with Crippen molar-refractivity contribution < 1.29 is 18.7 Å². The Labute approximate surface area is 234 Å². The zero-order valence-electron chi connectivity index (χ0n) is 24.3. The smallest absolute Gasteiger partial charge is 0.305 e. The predicted molar refractivity (Wildman–Crippen MR) is 159 cm³/mol. The average Bonchev–Trinajstić information content (AvgIpc) is 2.93. The van der Waals surface area contributed by atoms with Gasteiger partial charge in [0.15, 0.2) is 0 Å². The Morgan fingerprint density at radius 3 is 2.31 bits per heavy atom. The number of halogens is 1. The summed E-state index contributed by atoms with van der Waals surface area (Å²) in [6.45, 7) is 8.00. The third-order valence-corrected chi connectivity index (χ3v) is 7.03. The van der Waals surface area contributed by atoms with E-state index in [4.69, 9.17) is 4.99 Å². The van der Waals surface area contributed by atoms with Gasteiger partial charge in [-0.15, -0.1) is 0 Å². The predicted octanol–water partition coefficient (Wildman–Crippen LogP) is 8.81. The molecule has 1 N–H and O–H groups in total. The molecule has 0 fully saturated rings. The standard InChI is InChI=1S/C33H45FN2O3/c1-6-14-26(15-12-10-8-9-11-13-16-32(37)39-5)25(4)35-30(7-2)33(38)36-31-22-21-28(34)23-29(31)27-19-17-24(3)18-20-27/h7,17-23,26H,6,8-16H2,1-5H3,(H,36,38)/b30-7-,35-25+. The number of anilines is 1.